The molecule has 1 fully saturated rings. The molecule has 2 amide bonds. The number of hydrogen-bond acceptors (Lipinski definition) is 5. The number of amides is 2. The van der Waals surface area contributed by atoms with Crippen molar-refractivity contribution in [1.82, 2.24) is 15.1 Å². The van der Waals surface area contributed by atoms with Gasteiger partial charge in [-0.15, -0.1) is 0 Å². The average molecular weight is 462 g/mol. The largest absolute Gasteiger partial charge is 0.455 e. The maximum absolute atomic E-state index is 13.4. The van der Waals surface area contributed by atoms with E-state index in [0.29, 0.717) is 60.6 Å². The number of hydrogen-bond donors (Lipinski definition) is 1. The molecule has 34 heavy (non-hydrogen) atoms. The molecule has 1 aromatic heterocycles. The van der Waals surface area contributed by atoms with Crippen LogP contribution in [0.2, 0.25) is 0 Å². The van der Waals surface area contributed by atoms with Crippen molar-refractivity contribution in [3.8, 4) is 11.3 Å². The lowest BCUT2D eigenvalue weighted by Crippen LogP contribution is -2.52. The monoisotopic (exact) mass is 461 g/mol. The lowest BCUT2D eigenvalue weighted by molar-refractivity contribution is -0.124. The summed E-state index contributed by atoms with van der Waals surface area (Å²) in [7, 11) is 0. The highest BCUT2D eigenvalue weighted by molar-refractivity contribution is 6.05. The molecule has 0 spiro atoms. The number of para-hydroxylation sites is 1. The highest BCUT2D eigenvalue weighted by atomic mass is 16.3. The predicted octanol–water partition coefficient (Wildman–Crippen LogP) is 3.44. The van der Waals surface area contributed by atoms with E-state index in [4.69, 9.17) is 4.42 Å². The van der Waals surface area contributed by atoms with Gasteiger partial charge in [-0.1, -0.05) is 36.4 Å². The lowest BCUT2D eigenvalue weighted by Gasteiger charge is -2.35. The minimum atomic E-state index is -0.274. The third-order valence-corrected chi connectivity index (χ3v) is 5.95. The number of fused-ring (bicyclic) bond motifs is 1. The Kier molecular flexibility index (Phi) is 6.57. The molecule has 7 nitrogen and oxygen atoms in total. The van der Waals surface area contributed by atoms with Gasteiger partial charge in [-0.25, -0.2) is 0 Å². The first kappa shape index (κ1) is 23.7. The van der Waals surface area contributed by atoms with Crippen molar-refractivity contribution in [3.05, 3.63) is 69.9 Å². The van der Waals surface area contributed by atoms with Crippen molar-refractivity contribution in [3.63, 3.8) is 0 Å². The standard InChI is InChI=1S/C27H31N3O4/c1-18-23(32)20-11-8-12-21(25(20)34-24(18)19-9-6-5-7-10-19)26(33)30-15-13-29(14-16-30)17-22(31)28-27(2,3)4/h5-12H,13-17H2,1-4H3,(H,28,31). The van der Waals surface area contributed by atoms with Gasteiger partial charge < -0.3 is 14.6 Å². The molecule has 1 N–H and O–H groups in total. The molecule has 3 aromatic rings. The van der Waals surface area contributed by atoms with Crippen LogP contribution in [0.5, 0.6) is 0 Å². The van der Waals surface area contributed by atoms with E-state index in [2.05, 4.69) is 5.32 Å². The van der Waals surface area contributed by atoms with Crippen LogP contribution in [0, 0.1) is 6.92 Å². The number of piperazine rings is 1. The van der Waals surface area contributed by atoms with E-state index in [1.165, 1.54) is 0 Å². The quantitative estimate of drug-likeness (QED) is 0.644. The Labute approximate surface area is 199 Å². The Morgan fingerprint density at radius 3 is 2.29 bits per heavy atom. The highest BCUT2D eigenvalue weighted by Gasteiger charge is 2.27. The van der Waals surface area contributed by atoms with E-state index in [0.717, 1.165) is 5.56 Å². The smallest absolute Gasteiger partial charge is 0.257 e. The summed E-state index contributed by atoms with van der Waals surface area (Å²) in [5, 5.41) is 3.38. The van der Waals surface area contributed by atoms with E-state index >= 15 is 0 Å². The number of carbonyl (C=O) groups excluding carboxylic acids is 2. The molecular weight excluding hydrogens is 430 g/mol. The zero-order valence-electron chi connectivity index (χ0n) is 20.2. The molecule has 178 valence electrons. The first-order valence-corrected chi connectivity index (χ1v) is 11.6. The Balaban J connectivity index is 1.56. The minimum absolute atomic E-state index is 0.0214. The molecule has 1 aliphatic heterocycles. The van der Waals surface area contributed by atoms with E-state index in [-0.39, 0.29) is 22.8 Å². The van der Waals surface area contributed by atoms with Crippen LogP contribution < -0.4 is 10.7 Å². The third kappa shape index (κ3) is 5.04. The summed E-state index contributed by atoms with van der Waals surface area (Å²) >= 11 is 0. The van der Waals surface area contributed by atoms with Gasteiger partial charge in [-0.3, -0.25) is 19.3 Å². The number of carbonyl (C=O) groups is 2. The maximum atomic E-state index is 13.4. The van der Waals surface area contributed by atoms with Crippen LogP contribution in [0.25, 0.3) is 22.3 Å². The van der Waals surface area contributed by atoms with Crippen LogP contribution in [-0.4, -0.2) is 59.9 Å². The summed E-state index contributed by atoms with van der Waals surface area (Å²) in [6.07, 6.45) is 0. The second-order valence-electron chi connectivity index (χ2n) is 9.80. The van der Waals surface area contributed by atoms with Gasteiger partial charge in [0, 0.05) is 42.8 Å². The fourth-order valence-corrected chi connectivity index (χ4v) is 4.28. The van der Waals surface area contributed by atoms with Gasteiger partial charge >= 0.3 is 0 Å². The van der Waals surface area contributed by atoms with E-state index in [1.54, 1.807) is 30.0 Å². The SMILES string of the molecule is Cc1c(-c2ccccc2)oc2c(C(=O)N3CCN(CC(=O)NC(C)(C)C)CC3)cccc2c1=O. The predicted molar refractivity (Wildman–Crippen MR) is 133 cm³/mol. The highest BCUT2D eigenvalue weighted by Crippen LogP contribution is 2.28. The van der Waals surface area contributed by atoms with Crippen LogP contribution in [0.4, 0.5) is 0 Å². The van der Waals surface area contributed by atoms with E-state index in [9.17, 15) is 14.4 Å². The summed E-state index contributed by atoms with van der Waals surface area (Å²) < 4.78 is 6.21. The van der Waals surface area contributed by atoms with Gasteiger partial charge in [0.05, 0.1) is 17.5 Å². The summed E-state index contributed by atoms with van der Waals surface area (Å²) in [6.45, 7) is 10.1. The van der Waals surface area contributed by atoms with Crippen LogP contribution in [0.1, 0.15) is 36.7 Å². The second-order valence-corrected chi connectivity index (χ2v) is 9.80. The van der Waals surface area contributed by atoms with E-state index in [1.807, 2.05) is 56.0 Å². The van der Waals surface area contributed by atoms with Crippen molar-refractivity contribution in [2.75, 3.05) is 32.7 Å². The molecule has 1 aliphatic rings. The normalized spacial score (nSPS) is 14.9. The van der Waals surface area contributed by atoms with Crippen LogP contribution >= 0.6 is 0 Å². The zero-order chi connectivity index (χ0) is 24.5. The van der Waals surface area contributed by atoms with E-state index < -0.39 is 0 Å². The first-order chi connectivity index (χ1) is 16.1. The molecule has 2 aromatic carbocycles. The fraction of sp³-hybridized carbons (Fsp3) is 0.370. The molecule has 1 saturated heterocycles. The Morgan fingerprint density at radius 2 is 1.65 bits per heavy atom. The number of benzene rings is 2. The van der Waals surface area contributed by atoms with Crippen molar-refractivity contribution >= 4 is 22.8 Å². The molecule has 4 rings (SSSR count). The van der Waals surface area contributed by atoms with Gasteiger partial charge in [0.2, 0.25) is 5.91 Å². The van der Waals surface area contributed by atoms with Gasteiger partial charge in [0.15, 0.2) is 11.0 Å². The molecule has 0 unspecified atom stereocenters. The number of nitrogens with zero attached hydrogens (tertiary/aromatic N) is 2. The topological polar surface area (TPSA) is 82.9 Å². The first-order valence-electron chi connectivity index (χ1n) is 11.6. The van der Waals surface area contributed by atoms with Gasteiger partial charge in [0.1, 0.15) is 5.76 Å². The summed E-state index contributed by atoms with van der Waals surface area (Å²) in [5.74, 6) is 0.287. The summed E-state index contributed by atoms with van der Waals surface area (Å²) in [5.41, 5.74) is 1.60. The van der Waals surface area contributed by atoms with Crippen molar-refractivity contribution in [2.24, 2.45) is 0 Å². The minimum Gasteiger partial charge on any atom is -0.455 e. The molecule has 0 atom stereocenters. The number of nitrogens with one attached hydrogen (secondary N) is 1. The van der Waals surface area contributed by atoms with Gasteiger partial charge in [0.25, 0.3) is 5.91 Å². The van der Waals surface area contributed by atoms with Crippen molar-refractivity contribution < 1.29 is 14.0 Å². The Morgan fingerprint density at radius 1 is 0.971 bits per heavy atom. The molecule has 0 aliphatic carbocycles. The third-order valence-electron chi connectivity index (χ3n) is 5.95. The van der Waals surface area contributed by atoms with Crippen LogP contribution in [0.3, 0.4) is 0 Å². The Hall–Kier alpha value is -3.45. The summed E-state index contributed by atoms with van der Waals surface area (Å²) in [6, 6.07) is 14.6. The molecule has 0 saturated carbocycles. The lowest BCUT2D eigenvalue weighted by atomic mass is 10.0. The summed E-state index contributed by atoms with van der Waals surface area (Å²) in [4.78, 5) is 42.6. The zero-order valence-corrected chi connectivity index (χ0v) is 20.2. The average Bonchev–Trinajstić information content (AvgIpc) is 2.80. The van der Waals surface area contributed by atoms with Gasteiger partial charge in [-0.2, -0.15) is 0 Å². The molecule has 2 heterocycles. The molecular formula is C27H31N3O4. The maximum Gasteiger partial charge on any atom is 0.257 e. The van der Waals surface area contributed by atoms with Crippen LogP contribution in [-0.2, 0) is 4.79 Å². The van der Waals surface area contributed by atoms with Crippen LogP contribution in [0.15, 0.2) is 57.7 Å². The Bertz CT molecular complexity index is 1270. The molecule has 0 bridgehead atoms. The van der Waals surface area contributed by atoms with Crippen molar-refractivity contribution in [1.29, 1.82) is 0 Å². The van der Waals surface area contributed by atoms with Gasteiger partial charge in [-0.05, 0) is 39.8 Å². The molecule has 7 heteroatoms. The second kappa shape index (κ2) is 9.43. The number of rotatable bonds is 4. The van der Waals surface area contributed by atoms with Crippen molar-refractivity contribution in [2.45, 2.75) is 33.2 Å². The molecule has 0 radical (unpaired) electrons. The fourth-order valence-electron chi connectivity index (χ4n) is 4.28.